The zero-order chi connectivity index (χ0) is 20.3. The van der Waals surface area contributed by atoms with E-state index in [1.54, 1.807) is 0 Å². The van der Waals surface area contributed by atoms with Crippen LogP contribution in [0.2, 0.25) is 0 Å². The maximum Gasteiger partial charge on any atom is 0.228 e. The van der Waals surface area contributed by atoms with Gasteiger partial charge in [0, 0.05) is 42.5 Å². The summed E-state index contributed by atoms with van der Waals surface area (Å²) in [4.78, 5) is 18.0. The molecular formula is C24H37N3O. The van der Waals surface area contributed by atoms with Crippen LogP contribution in [0.3, 0.4) is 0 Å². The van der Waals surface area contributed by atoms with Crippen molar-refractivity contribution in [2.75, 3.05) is 29.9 Å². The van der Waals surface area contributed by atoms with Crippen LogP contribution in [0.15, 0.2) is 18.2 Å². The summed E-state index contributed by atoms with van der Waals surface area (Å²) in [6, 6.07) is 7.95. The number of aryl methyl sites for hydroxylation is 1. The van der Waals surface area contributed by atoms with Gasteiger partial charge in [0.15, 0.2) is 0 Å². The van der Waals surface area contributed by atoms with Crippen LogP contribution in [0.25, 0.3) is 0 Å². The highest BCUT2D eigenvalue weighted by Crippen LogP contribution is 2.68. The van der Waals surface area contributed by atoms with Gasteiger partial charge in [-0.25, -0.2) is 0 Å². The highest BCUT2D eigenvalue weighted by atomic mass is 16.2. The quantitative estimate of drug-likeness (QED) is 0.820. The van der Waals surface area contributed by atoms with Gasteiger partial charge in [0.05, 0.1) is 0 Å². The Labute approximate surface area is 170 Å². The molecule has 154 valence electrons. The molecule has 1 amide bonds. The van der Waals surface area contributed by atoms with Crippen molar-refractivity contribution in [3.63, 3.8) is 0 Å². The lowest BCUT2D eigenvalue weighted by Gasteiger charge is -2.28. The molecule has 2 saturated heterocycles. The number of nitrogens with one attached hydrogen (secondary N) is 1. The molecule has 1 saturated carbocycles. The SMILES string of the molecule is Cc1cc(N2CCC(N3CCCC3C)C2)ccc1NC(=O)C1C(C)(C)C1(C)C. The molecule has 2 unspecified atom stereocenters. The smallest absolute Gasteiger partial charge is 0.228 e. The van der Waals surface area contributed by atoms with Crippen LogP contribution in [0.1, 0.15) is 59.4 Å². The Balaban J connectivity index is 1.41. The molecule has 3 fully saturated rings. The number of hydrogen-bond acceptors (Lipinski definition) is 3. The lowest BCUT2D eigenvalue weighted by Crippen LogP contribution is -2.39. The molecule has 0 bridgehead atoms. The molecule has 2 aliphatic heterocycles. The van der Waals surface area contributed by atoms with E-state index in [-0.39, 0.29) is 22.7 Å². The molecule has 0 spiro atoms. The van der Waals surface area contributed by atoms with Gasteiger partial charge in [0.1, 0.15) is 0 Å². The summed E-state index contributed by atoms with van der Waals surface area (Å²) in [6.07, 6.45) is 3.95. The number of carbonyl (C=O) groups is 1. The molecule has 1 N–H and O–H groups in total. The Morgan fingerprint density at radius 3 is 2.39 bits per heavy atom. The standard InChI is InChI=1S/C24H37N3O/c1-16-14-18(26-13-11-19(15-26)27-12-7-8-17(27)2)9-10-20(16)25-22(28)21-23(3,4)24(21,5)6/h9-10,14,17,19,21H,7-8,11-13,15H2,1-6H3,(H,25,28). The van der Waals surface area contributed by atoms with Crippen LogP contribution in [0.5, 0.6) is 0 Å². The summed E-state index contributed by atoms with van der Waals surface area (Å²) < 4.78 is 0. The van der Waals surface area contributed by atoms with Crippen LogP contribution in [0, 0.1) is 23.7 Å². The number of hydrogen-bond donors (Lipinski definition) is 1. The number of amides is 1. The minimum Gasteiger partial charge on any atom is -0.370 e. The van der Waals surface area contributed by atoms with Gasteiger partial charge in [-0.2, -0.15) is 0 Å². The zero-order valence-electron chi connectivity index (χ0n) is 18.5. The second-order valence-electron chi connectivity index (χ2n) is 10.5. The van der Waals surface area contributed by atoms with Crippen molar-refractivity contribution in [2.45, 2.75) is 72.9 Å². The van der Waals surface area contributed by atoms with Gasteiger partial charge < -0.3 is 10.2 Å². The van der Waals surface area contributed by atoms with E-state index in [0.717, 1.165) is 30.4 Å². The molecule has 1 aromatic rings. The maximum absolute atomic E-state index is 12.8. The molecule has 3 aliphatic rings. The molecule has 1 aliphatic carbocycles. The third-order valence-corrected chi connectivity index (χ3v) is 8.35. The molecule has 0 radical (unpaired) electrons. The fourth-order valence-electron chi connectivity index (χ4n) is 5.79. The second-order valence-corrected chi connectivity index (χ2v) is 10.5. The number of benzene rings is 1. The van der Waals surface area contributed by atoms with Crippen molar-refractivity contribution in [2.24, 2.45) is 16.7 Å². The average Bonchev–Trinajstić information content (AvgIpc) is 3.08. The molecule has 2 heterocycles. The third kappa shape index (κ3) is 3.14. The Hall–Kier alpha value is -1.55. The molecular weight excluding hydrogens is 346 g/mol. The van der Waals surface area contributed by atoms with E-state index in [9.17, 15) is 4.79 Å². The van der Waals surface area contributed by atoms with Gasteiger partial charge in [0.25, 0.3) is 0 Å². The van der Waals surface area contributed by atoms with Crippen LogP contribution < -0.4 is 10.2 Å². The van der Waals surface area contributed by atoms with E-state index in [1.165, 1.54) is 31.5 Å². The highest BCUT2D eigenvalue weighted by molar-refractivity contribution is 5.96. The van der Waals surface area contributed by atoms with Gasteiger partial charge in [-0.05, 0) is 74.2 Å². The fraction of sp³-hybridized carbons (Fsp3) is 0.708. The Kier molecular flexibility index (Phi) is 4.77. The molecule has 4 heteroatoms. The van der Waals surface area contributed by atoms with Crippen LogP contribution in [0.4, 0.5) is 11.4 Å². The number of carbonyl (C=O) groups excluding carboxylic acids is 1. The van der Waals surface area contributed by atoms with Crippen LogP contribution in [-0.4, -0.2) is 42.5 Å². The van der Waals surface area contributed by atoms with E-state index >= 15 is 0 Å². The highest BCUT2D eigenvalue weighted by Gasteiger charge is 2.68. The number of anilines is 2. The summed E-state index contributed by atoms with van der Waals surface area (Å²) >= 11 is 0. The number of nitrogens with zero attached hydrogens (tertiary/aromatic N) is 2. The summed E-state index contributed by atoms with van der Waals surface area (Å²) in [7, 11) is 0. The molecule has 2 atom stereocenters. The molecule has 28 heavy (non-hydrogen) atoms. The number of rotatable bonds is 4. The summed E-state index contributed by atoms with van der Waals surface area (Å²) in [5.74, 6) is 0.246. The maximum atomic E-state index is 12.8. The van der Waals surface area contributed by atoms with Gasteiger partial charge in [-0.1, -0.05) is 27.7 Å². The monoisotopic (exact) mass is 383 g/mol. The Morgan fingerprint density at radius 1 is 1.11 bits per heavy atom. The van der Waals surface area contributed by atoms with Crippen molar-refractivity contribution in [1.29, 1.82) is 0 Å². The topological polar surface area (TPSA) is 35.6 Å². The van der Waals surface area contributed by atoms with Gasteiger partial charge in [-0.3, -0.25) is 9.69 Å². The third-order valence-electron chi connectivity index (χ3n) is 8.35. The normalized spacial score (nSPS) is 29.3. The van der Waals surface area contributed by atoms with E-state index in [1.807, 2.05) is 0 Å². The van der Waals surface area contributed by atoms with E-state index in [4.69, 9.17) is 0 Å². The largest absolute Gasteiger partial charge is 0.370 e. The first-order chi connectivity index (χ1) is 13.1. The zero-order valence-corrected chi connectivity index (χ0v) is 18.5. The first-order valence-electron chi connectivity index (χ1n) is 11.0. The fourth-order valence-corrected chi connectivity index (χ4v) is 5.79. The minimum atomic E-state index is 0.0716. The van der Waals surface area contributed by atoms with E-state index < -0.39 is 0 Å². The Bertz CT molecular complexity index is 755. The summed E-state index contributed by atoms with van der Waals surface area (Å²) in [5.41, 5.74) is 3.54. The van der Waals surface area contributed by atoms with Gasteiger partial charge in [-0.15, -0.1) is 0 Å². The van der Waals surface area contributed by atoms with Crippen molar-refractivity contribution < 1.29 is 4.79 Å². The van der Waals surface area contributed by atoms with Crippen molar-refractivity contribution in [3.8, 4) is 0 Å². The minimum absolute atomic E-state index is 0.0716. The first-order valence-corrected chi connectivity index (χ1v) is 11.0. The lowest BCUT2D eigenvalue weighted by molar-refractivity contribution is -0.118. The van der Waals surface area contributed by atoms with Gasteiger partial charge >= 0.3 is 0 Å². The predicted molar refractivity (Wildman–Crippen MR) is 117 cm³/mol. The molecule has 4 nitrogen and oxygen atoms in total. The number of likely N-dealkylation sites (tertiary alicyclic amines) is 1. The van der Waals surface area contributed by atoms with Crippen molar-refractivity contribution in [3.05, 3.63) is 23.8 Å². The van der Waals surface area contributed by atoms with Crippen LogP contribution in [-0.2, 0) is 4.79 Å². The summed E-state index contributed by atoms with van der Waals surface area (Å²) in [6.45, 7) is 16.8. The van der Waals surface area contributed by atoms with E-state index in [0.29, 0.717) is 6.04 Å². The molecule has 1 aromatic carbocycles. The Morgan fingerprint density at radius 2 is 1.82 bits per heavy atom. The average molecular weight is 384 g/mol. The van der Waals surface area contributed by atoms with Crippen LogP contribution >= 0.6 is 0 Å². The summed E-state index contributed by atoms with van der Waals surface area (Å²) in [5, 5.41) is 3.19. The lowest BCUT2D eigenvalue weighted by atomic mass is 10.0. The predicted octanol–water partition coefficient (Wildman–Crippen LogP) is 4.68. The van der Waals surface area contributed by atoms with Crippen molar-refractivity contribution >= 4 is 17.3 Å². The first kappa shape index (κ1) is 19.8. The van der Waals surface area contributed by atoms with Gasteiger partial charge in [0.2, 0.25) is 5.91 Å². The van der Waals surface area contributed by atoms with Crippen molar-refractivity contribution in [1.82, 2.24) is 4.90 Å². The molecule has 0 aromatic heterocycles. The molecule has 4 rings (SSSR count). The van der Waals surface area contributed by atoms with E-state index in [2.05, 4.69) is 74.9 Å². The second kappa shape index (κ2) is 6.76.